The number of carbonyl (C=O) groups excluding carboxylic acids is 1. The van der Waals surface area contributed by atoms with Crippen molar-refractivity contribution in [2.75, 3.05) is 44.2 Å². The molecule has 0 radical (unpaired) electrons. The Morgan fingerprint density at radius 3 is 2.46 bits per heavy atom. The molecule has 0 aliphatic carbocycles. The quantitative estimate of drug-likeness (QED) is 0.719. The molecule has 1 fully saturated rings. The molecule has 0 amide bonds. The first-order valence-corrected chi connectivity index (χ1v) is 9.95. The van der Waals surface area contributed by atoms with E-state index in [0.29, 0.717) is 17.9 Å². The Bertz CT molecular complexity index is 802. The summed E-state index contributed by atoms with van der Waals surface area (Å²) in [7, 11) is 0. The summed E-state index contributed by atoms with van der Waals surface area (Å²) in [6.45, 7) is 8.02. The maximum absolute atomic E-state index is 11.3. The van der Waals surface area contributed by atoms with Gasteiger partial charge in [0.05, 0.1) is 0 Å². The molecule has 2 aromatic rings. The molecule has 150 valence electrons. The summed E-state index contributed by atoms with van der Waals surface area (Å²) in [6.07, 6.45) is -0.563. The van der Waals surface area contributed by atoms with Crippen molar-refractivity contribution in [1.82, 2.24) is 4.90 Å². The number of halogens is 1. The average molecular weight is 403 g/mol. The highest BCUT2D eigenvalue weighted by molar-refractivity contribution is 6.30. The lowest BCUT2D eigenvalue weighted by Gasteiger charge is -2.37. The number of rotatable bonds is 7. The molecule has 0 unspecified atom stereocenters. The summed E-state index contributed by atoms with van der Waals surface area (Å²) in [5.74, 6) is 0.684. The van der Waals surface area contributed by atoms with Crippen LogP contribution in [0.1, 0.15) is 22.8 Å². The van der Waals surface area contributed by atoms with Crippen LogP contribution in [0.2, 0.25) is 5.02 Å². The molecule has 1 aliphatic heterocycles. The molecule has 28 heavy (non-hydrogen) atoms. The highest BCUT2D eigenvalue weighted by Gasteiger charge is 2.21. The van der Waals surface area contributed by atoms with Crippen molar-refractivity contribution >= 4 is 23.1 Å². The van der Waals surface area contributed by atoms with Crippen molar-refractivity contribution in [3.8, 4) is 5.75 Å². The fourth-order valence-corrected chi connectivity index (χ4v) is 3.59. The van der Waals surface area contributed by atoms with E-state index in [9.17, 15) is 9.90 Å². The number of anilines is 1. The molecule has 0 bridgehead atoms. The molecule has 1 atom stereocenters. The number of nitrogens with zero attached hydrogens (tertiary/aromatic N) is 2. The van der Waals surface area contributed by atoms with Gasteiger partial charge in [0.1, 0.15) is 18.5 Å². The molecule has 1 aliphatic rings. The molecular formula is C22H27ClN2O3. The van der Waals surface area contributed by atoms with Crippen LogP contribution in [0.5, 0.6) is 5.75 Å². The van der Waals surface area contributed by atoms with Crippen LogP contribution in [0.15, 0.2) is 42.5 Å². The molecule has 1 heterocycles. The van der Waals surface area contributed by atoms with Gasteiger partial charge in [0.2, 0.25) is 0 Å². The summed E-state index contributed by atoms with van der Waals surface area (Å²) in [6, 6.07) is 13.0. The fourth-order valence-electron chi connectivity index (χ4n) is 3.42. The van der Waals surface area contributed by atoms with Gasteiger partial charge < -0.3 is 14.7 Å². The molecule has 5 nitrogen and oxygen atoms in total. The number of aryl methyl sites for hydroxylation is 1. The van der Waals surface area contributed by atoms with Crippen molar-refractivity contribution in [3.05, 3.63) is 58.6 Å². The molecule has 0 saturated carbocycles. The Morgan fingerprint density at radius 1 is 1.14 bits per heavy atom. The van der Waals surface area contributed by atoms with E-state index >= 15 is 0 Å². The van der Waals surface area contributed by atoms with Crippen molar-refractivity contribution < 1.29 is 14.6 Å². The smallest absolute Gasteiger partial charge is 0.159 e. The predicted molar refractivity (Wildman–Crippen MR) is 113 cm³/mol. The third-order valence-electron chi connectivity index (χ3n) is 5.06. The number of benzene rings is 2. The summed E-state index contributed by atoms with van der Waals surface area (Å²) >= 11 is 6.14. The molecule has 1 saturated heterocycles. The standard InChI is InChI=1S/C22H27ClN2O3/c1-16-3-6-19(23)13-22(16)25-11-9-24(10-12-25)14-20(27)15-28-21-7-4-18(5-8-21)17(2)26/h3-8,13,20,27H,9-12,14-15H2,1-2H3/t20-/m1/s1. The maximum Gasteiger partial charge on any atom is 0.159 e. The molecular weight excluding hydrogens is 376 g/mol. The summed E-state index contributed by atoms with van der Waals surface area (Å²) in [5, 5.41) is 11.1. The molecule has 6 heteroatoms. The minimum atomic E-state index is -0.563. The zero-order chi connectivity index (χ0) is 20.1. The lowest BCUT2D eigenvalue weighted by atomic mass is 10.1. The van der Waals surface area contributed by atoms with Crippen molar-refractivity contribution in [2.45, 2.75) is 20.0 Å². The minimum absolute atomic E-state index is 0.0266. The number of ether oxygens (including phenoxy) is 1. The van der Waals surface area contributed by atoms with Gasteiger partial charge in [0.15, 0.2) is 5.78 Å². The lowest BCUT2D eigenvalue weighted by molar-refractivity contribution is 0.0663. The summed E-state index contributed by atoms with van der Waals surface area (Å²) < 4.78 is 5.65. The van der Waals surface area contributed by atoms with Crippen LogP contribution in [0, 0.1) is 6.92 Å². The van der Waals surface area contributed by atoms with E-state index in [4.69, 9.17) is 16.3 Å². The Balaban J connectivity index is 1.44. The monoisotopic (exact) mass is 402 g/mol. The van der Waals surface area contributed by atoms with Gasteiger partial charge in [-0.3, -0.25) is 9.69 Å². The first kappa shape index (κ1) is 20.6. The van der Waals surface area contributed by atoms with E-state index < -0.39 is 6.10 Å². The molecule has 0 aromatic heterocycles. The SMILES string of the molecule is CC(=O)c1ccc(OC[C@H](O)CN2CCN(c3cc(Cl)ccc3C)CC2)cc1. The van der Waals surface area contributed by atoms with E-state index in [1.807, 2.05) is 18.2 Å². The Labute approximate surface area is 171 Å². The molecule has 2 aromatic carbocycles. The highest BCUT2D eigenvalue weighted by Crippen LogP contribution is 2.25. The number of aliphatic hydroxyl groups is 1. The zero-order valence-corrected chi connectivity index (χ0v) is 17.2. The molecule has 0 spiro atoms. The first-order valence-electron chi connectivity index (χ1n) is 9.57. The van der Waals surface area contributed by atoms with Crippen LogP contribution >= 0.6 is 11.6 Å². The van der Waals surface area contributed by atoms with Gasteiger partial charge in [0, 0.05) is 49.0 Å². The topological polar surface area (TPSA) is 53.0 Å². The lowest BCUT2D eigenvalue weighted by Crippen LogP contribution is -2.49. The van der Waals surface area contributed by atoms with Crippen LogP contribution in [0.3, 0.4) is 0 Å². The summed E-state index contributed by atoms with van der Waals surface area (Å²) in [5.41, 5.74) is 3.06. The van der Waals surface area contributed by atoms with Crippen molar-refractivity contribution in [1.29, 1.82) is 0 Å². The van der Waals surface area contributed by atoms with Crippen LogP contribution in [-0.4, -0.2) is 61.2 Å². The third kappa shape index (κ3) is 5.47. The second-order valence-electron chi connectivity index (χ2n) is 7.26. The second-order valence-corrected chi connectivity index (χ2v) is 7.70. The van der Waals surface area contributed by atoms with E-state index in [0.717, 1.165) is 31.2 Å². The van der Waals surface area contributed by atoms with Gasteiger partial charge in [-0.2, -0.15) is 0 Å². The van der Waals surface area contributed by atoms with Gasteiger partial charge >= 0.3 is 0 Å². The van der Waals surface area contributed by atoms with E-state index in [1.165, 1.54) is 18.2 Å². The largest absolute Gasteiger partial charge is 0.491 e. The van der Waals surface area contributed by atoms with E-state index in [1.54, 1.807) is 24.3 Å². The average Bonchev–Trinajstić information content (AvgIpc) is 2.69. The first-order chi connectivity index (χ1) is 13.4. The number of Topliss-reactive ketones (excluding diaryl/α,β-unsaturated/α-hetero) is 1. The molecule has 1 N–H and O–H groups in total. The number of aliphatic hydroxyl groups excluding tert-OH is 1. The van der Waals surface area contributed by atoms with Gasteiger partial charge in [-0.05, 0) is 55.8 Å². The minimum Gasteiger partial charge on any atom is -0.491 e. The number of piperazine rings is 1. The number of hydrogen-bond donors (Lipinski definition) is 1. The second kappa shape index (κ2) is 9.41. The fraction of sp³-hybridized carbons (Fsp3) is 0.409. The van der Waals surface area contributed by atoms with Crippen molar-refractivity contribution in [3.63, 3.8) is 0 Å². The van der Waals surface area contributed by atoms with Crippen LogP contribution in [0.4, 0.5) is 5.69 Å². The number of carbonyl (C=O) groups is 1. The van der Waals surface area contributed by atoms with Crippen LogP contribution in [-0.2, 0) is 0 Å². The Morgan fingerprint density at radius 2 is 1.82 bits per heavy atom. The predicted octanol–water partition coefficient (Wildman–Crippen LogP) is 3.41. The van der Waals surface area contributed by atoms with Crippen molar-refractivity contribution in [2.24, 2.45) is 0 Å². The van der Waals surface area contributed by atoms with E-state index in [-0.39, 0.29) is 12.4 Å². The third-order valence-corrected chi connectivity index (χ3v) is 5.29. The summed E-state index contributed by atoms with van der Waals surface area (Å²) in [4.78, 5) is 15.9. The van der Waals surface area contributed by atoms with Crippen LogP contribution < -0.4 is 9.64 Å². The van der Waals surface area contributed by atoms with Gasteiger partial charge in [-0.15, -0.1) is 0 Å². The van der Waals surface area contributed by atoms with Gasteiger partial charge in [-0.25, -0.2) is 0 Å². The van der Waals surface area contributed by atoms with Crippen LogP contribution in [0.25, 0.3) is 0 Å². The Hall–Kier alpha value is -2.08. The Kier molecular flexibility index (Phi) is 6.94. The van der Waals surface area contributed by atoms with Gasteiger partial charge in [-0.1, -0.05) is 17.7 Å². The maximum atomic E-state index is 11.3. The molecule has 3 rings (SSSR count). The van der Waals surface area contributed by atoms with E-state index in [2.05, 4.69) is 16.7 Å². The number of β-amino-alcohol motifs (C(OH)–C–C–N with tert-alkyl or cyclic N) is 1. The number of hydrogen-bond acceptors (Lipinski definition) is 5. The normalized spacial score (nSPS) is 16.1. The highest BCUT2D eigenvalue weighted by atomic mass is 35.5. The number of ketones is 1. The van der Waals surface area contributed by atoms with Gasteiger partial charge in [0.25, 0.3) is 0 Å². The zero-order valence-electron chi connectivity index (χ0n) is 16.4.